The predicted molar refractivity (Wildman–Crippen MR) is 56.0 cm³/mol. The Labute approximate surface area is 86.9 Å². The minimum absolute atomic E-state index is 0.334. The lowest BCUT2D eigenvalue weighted by Crippen LogP contribution is -1.84. The van der Waals surface area contributed by atoms with E-state index in [1.807, 2.05) is 24.3 Å². The van der Waals surface area contributed by atoms with Gasteiger partial charge in [0.2, 0.25) is 0 Å². The summed E-state index contributed by atoms with van der Waals surface area (Å²) in [6, 6.07) is 7.52. The maximum absolute atomic E-state index is 10.4. The van der Waals surface area contributed by atoms with E-state index in [1.54, 1.807) is 13.3 Å². The molecule has 0 amide bonds. The number of aromatic amines is 1. The number of aromatic nitrogens is 2. The second-order valence-electron chi connectivity index (χ2n) is 3.03. The number of nitrogens with zero attached hydrogens (tertiary/aromatic N) is 1. The zero-order valence-electron chi connectivity index (χ0n) is 8.23. The number of H-pyrrole nitrogens is 1. The topological polar surface area (TPSA) is 55.0 Å². The molecule has 0 spiro atoms. The monoisotopic (exact) mass is 202 g/mol. The molecular formula is C11H10N2O2. The largest absolute Gasteiger partial charge is 0.497 e. The third-order valence-corrected chi connectivity index (χ3v) is 2.11. The Kier molecular flexibility index (Phi) is 2.49. The molecule has 4 nitrogen and oxygen atoms in total. The summed E-state index contributed by atoms with van der Waals surface area (Å²) in [6.45, 7) is 0. The number of aldehydes is 1. The van der Waals surface area contributed by atoms with E-state index in [0.717, 1.165) is 17.0 Å². The van der Waals surface area contributed by atoms with Gasteiger partial charge in [0.05, 0.1) is 19.0 Å². The first-order valence-electron chi connectivity index (χ1n) is 4.48. The van der Waals surface area contributed by atoms with Gasteiger partial charge in [-0.25, -0.2) is 4.98 Å². The summed E-state index contributed by atoms with van der Waals surface area (Å²) < 4.78 is 5.05. The second kappa shape index (κ2) is 3.96. The molecule has 15 heavy (non-hydrogen) atoms. The van der Waals surface area contributed by atoms with E-state index in [2.05, 4.69) is 9.97 Å². The van der Waals surface area contributed by atoms with Crippen LogP contribution in [-0.2, 0) is 0 Å². The number of methoxy groups -OCH3 is 1. The maximum atomic E-state index is 10.4. The molecule has 0 aliphatic rings. The molecule has 0 saturated heterocycles. The van der Waals surface area contributed by atoms with Crippen molar-refractivity contribution in [2.75, 3.05) is 7.11 Å². The molecule has 2 rings (SSSR count). The van der Waals surface area contributed by atoms with Crippen molar-refractivity contribution in [3.05, 3.63) is 36.3 Å². The summed E-state index contributed by atoms with van der Waals surface area (Å²) in [7, 11) is 1.62. The van der Waals surface area contributed by atoms with Crippen LogP contribution < -0.4 is 4.74 Å². The minimum Gasteiger partial charge on any atom is -0.497 e. The number of hydrogen-bond donors (Lipinski definition) is 1. The van der Waals surface area contributed by atoms with E-state index in [0.29, 0.717) is 12.1 Å². The van der Waals surface area contributed by atoms with Crippen LogP contribution in [0.4, 0.5) is 0 Å². The zero-order chi connectivity index (χ0) is 10.7. The van der Waals surface area contributed by atoms with Crippen LogP contribution in [0.3, 0.4) is 0 Å². The fourth-order valence-electron chi connectivity index (χ4n) is 1.31. The quantitative estimate of drug-likeness (QED) is 0.773. The summed E-state index contributed by atoms with van der Waals surface area (Å²) in [5, 5.41) is 0. The van der Waals surface area contributed by atoms with E-state index in [1.165, 1.54) is 0 Å². The summed E-state index contributed by atoms with van der Waals surface area (Å²) in [6.07, 6.45) is 2.32. The molecule has 0 radical (unpaired) electrons. The van der Waals surface area contributed by atoms with Gasteiger partial charge in [-0.2, -0.15) is 0 Å². The molecule has 1 N–H and O–H groups in total. The van der Waals surface area contributed by atoms with Gasteiger partial charge < -0.3 is 9.72 Å². The highest BCUT2D eigenvalue weighted by atomic mass is 16.5. The highest BCUT2D eigenvalue weighted by Gasteiger charge is 2.02. The summed E-state index contributed by atoms with van der Waals surface area (Å²) in [5.41, 5.74) is 1.79. The molecule has 1 heterocycles. The van der Waals surface area contributed by atoms with Crippen molar-refractivity contribution >= 4 is 6.29 Å². The average molecular weight is 202 g/mol. The van der Waals surface area contributed by atoms with Crippen LogP contribution in [0.5, 0.6) is 5.75 Å². The van der Waals surface area contributed by atoms with Gasteiger partial charge in [-0.1, -0.05) is 0 Å². The van der Waals surface area contributed by atoms with Crippen LogP contribution in [0, 0.1) is 0 Å². The van der Waals surface area contributed by atoms with Crippen molar-refractivity contribution < 1.29 is 9.53 Å². The van der Waals surface area contributed by atoms with Gasteiger partial charge in [-0.05, 0) is 29.8 Å². The molecular weight excluding hydrogens is 192 g/mol. The Bertz CT molecular complexity index is 460. The fourth-order valence-corrected chi connectivity index (χ4v) is 1.31. The van der Waals surface area contributed by atoms with Crippen LogP contribution in [-0.4, -0.2) is 23.4 Å². The number of benzene rings is 1. The number of ether oxygens (including phenoxy) is 1. The number of carbonyl (C=O) groups excluding carboxylic acids is 1. The first-order chi connectivity index (χ1) is 7.33. The van der Waals surface area contributed by atoms with E-state index >= 15 is 0 Å². The average Bonchev–Trinajstić information content (AvgIpc) is 2.78. The Morgan fingerprint density at radius 2 is 2.07 bits per heavy atom. The van der Waals surface area contributed by atoms with E-state index in [-0.39, 0.29) is 0 Å². The van der Waals surface area contributed by atoms with Crippen molar-refractivity contribution in [3.8, 4) is 17.0 Å². The second-order valence-corrected chi connectivity index (χ2v) is 3.03. The van der Waals surface area contributed by atoms with Crippen molar-refractivity contribution in [2.24, 2.45) is 0 Å². The molecule has 0 bridgehead atoms. The molecule has 0 unspecified atom stereocenters. The molecule has 76 valence electrons. The molecule has 1 aromatic heterocycles. The summed E-state index contributed by atoms with van der Waals surface area (Å²) in [4.78, 5) is 17.2. The van der Waals surface area contributed by atoms with Crippen molar-refractivity contribution in [1.29, 1.82) is 0 Å². The van der Waals surface area contributed by atoms with Crippen LogP contribution in [0.25, 0.3) is 11.3 Å². The molecule has 0 aliphatic carbocycles. The third-order valence-electron chi connectivity index (χ3n) is 2.11. The van der Waals surface area contributed by atoms with Crippen LogP contribution >= 0.6 is 0 Å². The summed E-state index contributed by atoms with van der Waals surface area (Å²) in [5.74, 6) is 1.13. The Morgan fingerprint density at radius 1 is 1.33 bits per heavy atom. The van der Waals surface area contributed by atoms with Crippen molar-refractivity contribution in [2.45, 2.75) is 0 Å². The van der Waals surface area contributed by atoms with E-state index < -0.39 is 0 Å². The normalized spacial score (nSPS) is 9.93. The predicted octanol–water partition coefficient (Wildman–Crippen LogP) is 1.90. The first kappa shape index (κ1) is 9.45. The number of imidazole rings is 1. The summed E-state index contributed by atoms with van der Waals surface area (Å²) >= 11 is 0. The standard InChI is InChI=1S/C11H10N2O2/c1-15-9-4-2-8(3-5-9)10-6-12-11(7-14)13-10/h2-7H,1H3,(H,12,13). The number of nitrogens with one attached hydrogen (secondary N) is 1. The molecule has 0 aliphatic heterocycles. The zero-order valence-corrected chi connectivity index (χ0v) is 8.23. The van der Waals surface area contributed by atoms with Gasteiger partial charge in [-0.3, -0.25) is 4.79 Å². The van der Waals surface area contributed by atoms with Gasteiger partial charge in [0.15, 0.2) is 12.1 Å². The van der Waals surface area contributed by atoms with Crippen LogP contribution in [0.15, 0.2) is 30.5 Å². The van der Waals surface area contributed by atoms with Crippen molar-refractivity contribution in [3.63, 3.8) is 0 Å². The molecule has 0 saturated carbocycles. The SMILES string of the molecule is COc1ccc(-c2cnc(C=O)[nH]2)cc1. The fraction of sp³-hybridized carbons (Fsp3) is 0.0909. The highest BCUT2D eigenvalue weighted by molar-refractivity contribution is 5.71. The van der Waals surface area contributed by atoms with Gasteiger partial charge in [0.1, 0.15) is 5.75 Å². The lowest BCUT2D eigenvalue weighted by atomic mass is 10.2. The molecule has 2 aromatic rings. The lowest BCUT2D eigenvalue weighted by molar-refractivity contribution is 0.111. The molecule has 0 atom stereocenters. The Hall–Kier alpha value is -2.10. The first-order valence-corrected chi connectivity index (χ1v) is 4.48. The number of rotatable bonds is 3. The number of carbonyl (C=O) groups is 1. The molecule has 4 heteroatoms. The Morgan fingerprint density at radius 3 is 2.60 bits per heavy atom. The lowest BCUT2D eigenvalue weighted by Gasteiger charge is -2.00. The smallest absolute Gasteiger partial charge is 0.185 e. The Balaban J connectivity index is 2.32. The van der Waals surface area contributed by atoms with Gasteiger partial charge in [0, 0.05) is 0 Å². The van der Waals surface area contributed by atoms with E-state index in [4.69, 9.17) is 4.74 Å². The van der Waals surface area contributed by atoms with Crippen LogP contribution in [0.1, 0.15) is 10.6 Å². The van der Waals surface area contributed by atoms with Gasteiger partial charge in [-0.15, -0.1) is 0 Å². The molecule has 1 aromatic carbocycles. The van der Waals surface area contributed by atoms with Gasteiger partial charge >= 0.3 is 0 Å². The molecule has 0 fully saturated rings. The number of hydrogen-bond acceptors (Lipinski definition) is 3. The van der Waals surface area contributed by atoms with E-state index in [9.17, 15) is 4.79 Å². The maximum Gasteiger partial charge on any atom is 0.185 e. The van der Waals surface area contributed by atoms with Gasteiger partial charge in [0.25, 0.3) is 0 Å². The third kappa shape index (κ3) is 1.88. The van der Waals surface area contributed by atoms with Crippen molar-refractivity contribution in [1.82, 2.24) is 9.97 Å². The minimum atomic E-state index is 0.334. The highest BCUT2D eigenvalue weighted by Crippen LogP contribution is 2.20. The van der Waals surface area contributed by atoms with Crippen LogP contribution in [0.2, 0.25) is 0 Å².